The van der Waals surface area contributed by atoms with Gasteiger partial charge in [0.05, 0.1) is 19.0 Å². The maximum Gasteiger partial charge on any atom is 0.137 e. The monoisotopic (exact) mass is 261 g/mol. The summed E-state index contributed by atoms with van der Waals surface area (Å²) in [5, 5.41) is 14.5. The fraction of sp³-hybridized carbons (Fsp3) is 0.429. The quantitative estimate of drug-likeness (QED) is 0.865. The molecular formula is C14H19N3O2. The fourth-order valence-corrected chi connectivity index (χ4v) is 1.90. The largest absolute Gasteiger partial charge is 0.492 e. The molecule has 2 aromatic rings. The number of hydrogen-bond acceptors (Lipinski definition) is 4. The van der Waals surface area contributed by atoms with Gasteiger partial charge in [0.2, 0.25) is 0 Å². The maximum absolute atomic E-state index is 10.3. The molecule has 2 heterocycles. The topological polar surface area (TPSA) is 60.2 Å². The Labute approximate surface area is 112 Å². The lowest BCUT2D eigenvalue weighted by molar-refractivity contribution is 0.218. The first kappa shape index (κ1) is 13.5. The first-order valence-electron chi connectivity index (χ1n) is 6.52. The zero-order valence-corrected chi connectivity index (χ0v) is 11.3. The van der Waals surface area contributed by atoms with E-state index < -0.39 is 6.10 Å². The number of aliphatic hydroxyl groups excluding tert-OH is 1. The third-order valence-corrected chi connectivity index (χ3v) is 2.78. The molecule has 0 bridgehead atoms. The highest BCUT2D eigenvalue weighted by Gasteiger charge is 2.13. The van der Waals surface area contributed by atoms with Crippen molar-refractivity contribution in [3.05, 3.63) is 42.0 Å². The minimum atomic E-state index is -0.724. The van der Waals surface area contributed by atoms with Gasteiger partial charge >= 0.3 is 0 Å². The van der Waals surface area contributed by atoms with Gasteiger partial charge in [-0.15, -0.1) is 0 Å². The average molecular weight is 261 g/mol. The van der Waals surface area contributed by atoms with Crippen LogP contribution in [0.1, 0.15) is 37.5 Å². The van der Waals surface area contributed by atoms with Gasteiger partial charge in [-0.3, -0.25) is 9.67 Å². The van der Waals surface area contributed by atoms with Gasteiger partial charge in [0.15, 0.2) is 0 Å². The molecule has 5 heteroatoms. The van der Waals surface area contributed by atoms with E-state index >= 15 is 0 Å². The molecule has 2 aromatic heterocycles. The smallest absolute Gasteiger partial charge is 0.137 e. The van der Waals surface area contributed by atoms with Gasteiger partial charge in [0.25, 0.3) is 0 Å². The van der Waals surface area contributed by atoms with Crippen LogP contribution in [-0.2, 0) is 6.54 Å². The lowest BCUT2D eigenvalue weighted by atomic mass is 10.1. The molecule has 1 atom stereocenters. The Hall–Kier alpha value is -1.88. The molecule has 0 spiro atoms. The number of pyridine rings is 1. The van der Waals surface area contributed by atoms with Gasteiger partial charge < -0.3 is 9.84 Å². The van der Waals surface area contributed by atoms with Gasteiger partial charge in [-0.2, -0.15) is 5.10 Å². The molecule has 0 amide bonds. The van der Waals surface area contributed by atoms with Crippen molar-refractivity contribution in [3.63, 3.8) is 0 Å². The van der Waals surface area contributed by atoms with Crippen LogP contribution < -0.4 is 4.74 Å². The van der Waals surface area contributed by atoms with Crippen LogP contribution in [0.5, 0.6) is 5.75 Å². The molecule has 0 radical (unpaired) electrons. The Kier molecular flexibility index (Phi) is 4.52. The Bertz CT molecular complexity index is 525. The Morgan fingerprint density at radius 1 is 1.26 bits per heavy atom. The second-order valence-corrected chi connectivity index (χ2v) is 4.33. The highest BCUT2D eigenvalue weighted by molar-refractivity contribution is 5.30. The highest BCUT2D eigenvalue weighted by atomic mass is 16.5. The molecular weight excluding hydrogens is 242 g/mol. The van der Waals surface area contributed by atoms with E-state index in [9.17, 15) is 5.11 Å². The number of nitrogens with zero attached hydrogens (tertiary/aromatic N) is 3. The lowest BCUT2D eigenvalue weighted by Gasteiger charge is -2.10. The first-order valence-corrected chi connectivity index (χ1v) is 6.52. The molecule has 0 saturated heterocycles. The van der Waals surface area contributed by atoms with Crippen molar-refractivity contribution in [1.82, 2.24) is 14.8 Å². The molecule has 0 aliphatic heterocycles. The first-order chi connectivity index (χ1) is 9.24. The summed E-state index contributed by atoms with van der Waals surface area (Å²) in [6.07, 6.45) is 7.12. The van der Waals surface area contributed by atoms with Crippen molar-refractivity contribution in [2.45, 2.75) is 32.9 Å². The Morgan fingerprint density at radius 3 is 2.84 bits per heavy atom. The Balaban J connectivity index is 2.17. The molecule has 0 aliphatic rings. The number of ether oxygens (including phenoxy) is 1. The molecule has 2 rings (SSSR count). The van der Waals surface area contributed by atoms with Gasteiger partial charge in [0, 0.05) is 30.1 Å². The zero-order chi connectivity index (χ0) is 13.7. The van der Waals surface area contributed by atoms with Crippen LogP contribution in [0.25, 0.3) is 0 Å². The summed E-state index contributed by atoms with van der Waals surface area (Å²) >= 11 is 0. The molecule has 5 nitrogen and oxygen atoms in total. The fourth-order valence-electron chi connectivity index (χ4n) is 1.90. The van der Waals surface area contributed by atoms with E-state index in [2.05, 4.69) is 17.0 Å². The van der Waals surface area contributed by atoms with Gasteiger partial charge in [-0.05, 0) is 19.4 Å². The summed E-state index contributed by atoms with van der Waals surface area (Å²) in [6, 6.07) is 1.80. The van der Waals surface area contributed by atoms with Gasteiger partial charge in [0.1, 0.15) is 11.9 Å². The number of aryl methyl sites for hydroxylation is 1. The number of rotatable bonds is 6. The van der Waals surface area contributed by atoms with Crippen LogP contribution in [0.3, 0.4) is 0 Å². The third-order valence-electron chi connectivity index (χ3n) is 2.78. The van der Waals surface area contributed by atoms with E-state index in [-0.39, 0.29) is 0 Å². The van der Waals surface area contributed by atoms with Gasteiger partial charge in [-0.25, -0.2) is 0 Å². The Morgan fingerprint density at radius 2 is 2.11 bits per heavy atom. The number of hydrogen-bond donors (Lipinski definition) is 1. The summed E-state index contributed by atoms with van der Waals surface area (Å²) in [7, 11) is 0. The van der Waals surface area contributed by atoms with Crippen molar-refractivity contribution >= 4 is 0 Å². The van der Waals surface area contributed by atoms with Crippen LogP contribution in [0, 0.1) is 0 Å². The SMILES string of the molecule is CCCn1cc(C(O)c2cncc(OCC)c2)cn1. The molecule has 0 aromatic carbocycles. The van der Waals surface area contributed by atoms with Crippen molar-refractivity contribution in [3.8, 4) is 5.75 Å². The number of aromatic nitrogens is 3. The number of aliphatic hydroxyl groups is 1. The van der Waals surface area contributed by atoms with Gasteiger partial charge in [-0.1, -0.05) is 6.92 Å². The predicted octanol–water partition coefficient (Wildman–Crippen LogP) is 2.17. The van der Waals surface area contributed by atoms with E-state index in [0.717, 1.165) is 18.5 Å². The molecule has 0 aliphatic carbocycles. The molecule has 0 saturated carbocycles. The summed E-state index contributed by atoms with van der Waals surface area (Å²) < 4.78 is 7.21. The van der Waals surface area contributed by atoms with Crippen LogP contribution >= 0.6 is 0 Å². The lowest BCUT2D eigenvalue weighted by Crippen LogP contribution is -2.01. The average Bonchev–Trinajstić information content (AvgIpc) is 2.88. The molecule has 0 fully saturated rings. The van der Waals surface area contributed by atoms with Crippen LogP contribution in [0.15, 0.2) is 30.9 Å². The van der Waals surface area contributed by atoms with E-state index in [4.69, 9.17) is 4.74 Å². The van der Waals surface area contributed by atoms with E-state index in [1.54, 1.807) is 24.7 Å². The highest BCUT2D eigenvalue weighted by Crippen LogP contribution is 2.23. The second-order valence-electron chi connectivity index (χ2n) is 4.33. The minimum Gasteiger partial charge on any atom is -0.492 e. The normalized spacial score (nSPS) is 12.4. The summed E-state index contributed by atoms with van der Waals surface area (Å²) in [6.45, 7) is 5.44. The molecule has 1 N–H and O–H groups in total. The van der Waals surface area contributed by atoms with Crippen LogP contribution in [0.2, 0.25) is 0 Å². The standard InChI is InChI=1S/C14H19N3O2/c1-3-5-17-10-12(8-16-17)14(18)11-6-13(19-4-2)9-15-7-11/h6-10,14,18H,3-5H2,1-2H3. The maximum atomic E-state index is 10.3. The second kappa shape index (κ2) is 6.33. The minimum absolute atomic E-state index is 0.579. The summed E-state index contributed by atoms with van der Waals surface area (Å²) in [5.74, 6) is 0.667. The third kappa shape index (κ3) is 3.32. The van der Waals surface area contributed by atoms with E-state index in [1.165, 1.54) is 0 Å². The van der Waals surface area contributed by atoms with Crippen molar-refractivity contribution < 1.29 is 9.84 Å². The van der Waals surface area contributed by atoms with Crippen LogP contribution in [-0.4, -0.2) is 26.5 Å². The molecule has 1 unspecified atom stereocenters. The van der Waals surface area contributed by atoms with Crippen LogP contribution in [0.4, 0.5) is 0 Å². The van der Waals surface area contributed by atoms with Crippen molar-refractivity contribution in [2.24, 2.45) is 0 Å². The molecule has 102 valence electrons. The van der Waals surface area contributed by atoms with Crippen molar-refractivity contribution in [1.29, 1.82) is 0 Å². The van der Waals surface area contributed by atoms with Crippen molar-refractivity contribution in [2.75, 3.05) is 6.61 Å². The summed E-state index contributed by atoms with van der Waals surface area (Å²) in [5.41, 5.74) is 1.48. The van der Waals surface area contributed by atoms with E-state index in [1.807, 2.05) is 17.8 Å². The zero-order valence-electron chi connectivity index (χ0n) is 11.3. The summed E-state index contributed by atoms with van der Waals surface area (Å²) in [4.78, 5) is 4.08. The molecule has 19 heavy (non-hydrogen) atoms. The van der Waals surface area contributed by atoms with E-state index in [0.29, 0.717) is 17.9 Å². The predicted molar refractivity (Wildman–Crippen MR) is 72.0 cm³/mol.